The van der Waals surface area contributed by atoms with Crippen molar-refractivity contribution in [2.45, 2.75) is 25.4 Å². The van der Waals surface area contributed by atoms with Crippen molar-refractivity contribution in [2.24, 2.45) is 7.05 Å². The zero-order valence-corrected chi connectivity index (χ0v) is 16.7. The molecule has 1 atom stereocenters. The average molecular weight is 402 g/mol. The van der Waals surface area contributed by atoms with Gasteiger partial charge in [-0.05, 0) is 36.6 Å². The molecule has 8 nitrogen and oxygen atoms in total. The molecule has 1 amide bonds. The highest BCUT2D eigenvalue weighted by atomic mass is 16.4. The summed E-state index contributed by atoms with van der Waals surface area (Å²) in [4.78, 5) is 23.7. The van der Waals surface area contributed by atoms with Crippen LogP contribution in [0.3, 0.4) is 0 Å². The average Bonchev–Trinajstić information content (AvgIpc) is 3.50. The van der Waals surface area contributed by atoms with Gasteiger partial charge in [0.2, 0.25) is 5.91 Å². The molecule has 0 spiro atoms. The van der Waals surface area contributed by atoms with E-state index in [0.29, 0.717) is 12.6 Å². The van der Waals surface area contributed by atoms with Gasteiger partial charge >= 0.3 is 0 Å². The predicted molar refractivity (Wildman–Crippen MR) is 113 cm³/mol. The van der Waals surface area contributed by atoms with Gasteiger partial charge in [0, 0.05) is 49.9 Å². The molecule has 8 heteroatoms. The number of carbonyl (C=O) groups is 1. The number of anilines is 1. The third-order valence-electron chi connectivity index (χ3n) is 5.38. The van der Waals surface area contributed by atoms with Crippen LogP contribution in [0.4, 0.5) is 6.01 Å². The lowest BCUT2D eigenvalue weighted by Gasteiger charge is -2.22. The van der Waals surface area contributed by atoms with Crippen molar-refractivity contribution in [1.29, 1.82) is 0 Å². The SMILES string of the molecule is Cn1cc(-c2cncc(CNC(=O)C3CCCN3c3nc4ccccc4o3)c2)cn1. The third kappa shape index (κ3) is 3.52. The zero-order chi connectivity index (χ0) is 20.5. The molecule has 0 bridgehead atoms. The van der Waals surface area contributed by atoms with Crippen molar-refractivity contribution in [3.63, 3.8) is 0 Å². The molecule has 1 saturated heterocycles. The molecule has 1 N–H and O–H groups in total. The number of nitrogens with one attached hydrogen (secondary N) is 1. The van der Waals surface area contributed by atoms with Crippen LogP contribution in [0.15, 0.2) is 59.5 Å². The van der Waals surface area contributed by atoms with Gasteiger partial charge in [0.05, 0.1) is 6.20 Å². The van der Waals surface area contributed by atoms with Crippen LogP contribution in [0.2, 0.25) is 0 Å². The van der Waals surface area contributed by atoms with E-state index in [1.165, 1.54) is 0 Å². The number of aromatic nitrogens is 4. The summed E-state index contributed by atoms with van der Waals surface area (Å²) in [5, 5.41) is 7.25. The highest BCUT2D eigenvalue weighted by Crippen LogP contribution is 2.28. The van der Waals surface area contributed by atoms with E-state index < -0.39 is 0 Å². The van der Waals surface area contributed by atoms with Gasteiger partial charge in [-0.15, -0.1) is 0 Å². The number of rotatable bonds is 5. The number of aryl methyl sites for hydroxylation is 1. The minimum Gasteiger partial charge on any atom is -0.423 e. The second-order valence-corrected chi connectivity index (χ2v) is 7.52. The van der Waals surface area contributed by atoms with Crippen LogP contribution < -0.4 is 10.2 Å². The number of para-hydroxylation sites is 2. The van der Waals surface area contributed by atoms with Crippen LogP contribution in [-0.2, 0) is 18.4 Å². The van der Waals surface area contributed by atoms with Crippen molar-refractivity contribution in [3.8, 4) is 11.1 Å². The summed E-state index contributed by atoms with van der Waals surface area (Å²) in [5.74, 6) is -0.0264. The first-order chi connectivity index (χ1) is 14.7. The fourth-order valence-corrected chi connectivity index (χ4v) is 3.87. The lowest BCUT2D eigenvalue weighted by atomic mass is 10.1. The number of fused-ring (bicyclic) bond motifs is 1. The molecule has 1 aliphatic heterocycles. The largest absolute Gasteiger partial charge is 0.423 e. The Bertz CT molecular complexity index is 1160. The van der Waals surface area contributed by atoms with Gasteiger partial charge in [-0.1, -0.05) is 12.1 Å². The molecule has 5 rings (SSSR count). The summed E-state index contributed by atoms with van der Waals surface area (Å²) in [7, 11) is 1.88. The number of benzene rings is 1. The van der Waals surface area contributed by atoms with E-state index in [1.807, 2.05) is 48.5 Å². The van der Waals surface area contributed by atoms with E-state index in [0.717, 1.165) is 47.2 Å². The van der Waals surface area contributed by atoms with E-state index in [9.17, 15) is 4.79 Å². The topological polar surface area (TPSA) is 89.1 Å². The second-order valence-electron chi connectivity index (χ2n) is 7.52. The van der Waals surface area contributed by atoms with Crippen molar-refractivity contribution in [3.05, 3.63) is 60.7 Å². The lowest BCUT2D eigenvalue weighted by molar-refractivity contribution is -0.122. The summed E-state index contributed by atoms with van der Waals surface area (Å²) >= 11 is 0. The highest BCUT2D eigenvalue weighted by Gasteiger charge is 2.33. The van der Waals surface area contributed by atoms with Crippen molar-refractivity contribution in [1.82, 2.24) is 25.1 Å². The fourth-order valence-electron chi connectivity index (χ4n) is 3.87. The van der Waals surface area contributed by atoms with Crippen LogP contribution in [-0.4, -0.2) is 38.2 Å². The molecule has 30 heavy (non-hydrogen) atoms. The Kier molecular flexibility index (Phi) is 4.66. The van der Waals surface area contributed by atoms with Crippen molar-refractivity contribution < 1.29 is 9.21 Å². The quantitative estimate of drug-likeness (QED) is 0.552. The molecule has 3 aromatic heterocycles. The summed E-state index contributed by atoms with van der Waals surface area (Å²) in [5.41, 5.74) is 4.45. The first-order valence-corrected chi connectivity index (χ1v) is 10.0. The standard InChI is InChI=1S/C22H22N6O2/c1-27-14-17(13-25-27)16-9-15(10-23-12-16)11-24-21(29)19-6-4-8-28(19)22-26-18-5-2-3-7-20(18)30-22/h2-3,5,7,9-10,12-14,19H,4,6,8,11H2,1H3,(H,24,29). The molecule has 1 fully saturated rings. The number of amides is 1. The maximum absolute atomic E-state index is 12.9. The van der Waals surface area contributed by atoms with Crippen LogP contribution in [0, 0.1) is 0 Å². The molecule has 0 aliphatic carbocycles. The Hall–Kier alpha value is -3.68. The minimum absolute atomic E-state index is 0.0264. The Balaban J connectivity index is 1.28. The molecule has 0 saturated carbocycles. The maximum Gasteiger partial charge on any atom is 0.299 e. The van der Waals surface area contributed by atoms with Gasteiger partial charge < -0.3 is 14.6 Å². The summed E-state index contributed by atoms with van der Waals surface area (Å²) in [6.45, 7) is 1.17. The molecule has 1 unspecified atom stereocenters. The van der Waals surface area contributed by atoms with E-state index in [-0.39, 0.29) is 11.9 Å². The third-order valence-corrected chi connectivity index (χ3v) is 5.38. The van der Waals surface area contributed by atoms with Gasteiger partial charge in [-0.2, -0.15) is 10.1 Å². The number of oxazole rings is 1. The Morgan fingerprint density at radius 3 is 2.97 bits per heavy atom. The number of carbonyl (C=O) groups excluding carboxylic acids is 1. The molecular weight excluding hydrogens is 380 g/mol. The zero-order valence-electron chi connectivity index (χ0n) is 16.7. The molecule has 4 heterocycles. The molecule has 4 aromatic rings. The second kappa shape index (κ2) is 7.62. The van der Waals surface area contributed by atoms with Gasteiger partial charge in [0.1, 0.15) is 11.6 Å². The van der Waals surface area contributed by atoms with Crippen LogP contribution in [0.5, 0.6) is 0 Å². The van der Waals surface area contributed by atoms with Gasteiger partial charge in [0.15, 0.2) is 5.58 Å². The first-order valence-electron chi connectivity index (χ1n) is 10.0. The molecule has 0 radical (unpaired) electrons. The van der Waals surface area contributed by atoms with E-state index >= 15 is 0 Å². The number of pyridine rings is 1. The summed E-state index contributed by atoms with van der Waals surface area (Å²) < 4.78 is 7.63. The van der Waals surface area contributed by atoms with Crippen LogP contribution in [0.25, 0.3) is 22.2 Å². The Morgan fingerprint density at radius 2 is 2.13 bits per heavy atom. The van der Waals surface area contributed by atoms with Crippen molar-refractivity contribution >= 4 is 23.0 Å². The smallest absolute Gasteiger partial charge is 0.299 e. The predicted octanol–water partition coefficient (Wildman–Crippen LogP) is 2.91. The van der Waals surface area contributed by atoms with Gasteiger partial charge in [0.25, 0.3) is 6.01 Å². The maximum atomic E-state index is 12.9. The molecule has 1 aliphatic rings. The van der Waals surface area contributed by atoms with Gasteiger partial charge in [-0.3, -0.25) is 14.5 Å². The van der Waals surface area contributed by atoms with Crippen LogP contribution >= 0.6 is 0 Å². The summed E-state index contributed by atoms with van der Waals surface area (Å²) in [6.07, 6.45) is 9.02. The number of nitrogens with zero attached hydrogens (tertiary/aromatic N) is 5. The van der Waals surface area contributed by atoms with E-state index in [2.05, 4.69) is 20.4 Å². The number of hydrogen-bond donors (Lipinski definition) is 1. The molecule has 1 aromatic carbocycles. The normalized spacial score (nSPS) is 16.3. The first kappa shape index (κ1) is 18.4. The molecular formula is C22H22N6O2. The lowest BCUT2D eigenvalue weighted by Crippen LogP contribution is -2.43. The van der Waals surface area contributed by atoms with Crippen LogP contribution in [0.1, 0.15) is 18.4 Å². The molecule has 152 valence electrons. The van der Waals surface area contributed by atoms with E-state index in [4.69, 9.17) is 4.42 Å². The Morgan fingerprint density at radius 1 is 1.23 bits per heavy atom. The fraction of sp³-hybridized carbons (Fsp3) is 0.273. The number of hydrogen-bond acceptors (Lipinski definition) is 6. The van der Waals surface area contributed by atoms with Crippen molar-refractivity contribution in [2.75, 3.05) is 11.4 Å². The summed E-state index contributed by atoms with van der Waals surface area (Å²) in [6, 6.07) is 9.89. The Labute approximate surface area is 173 Å². The van der Waals surface area contributed by atoms with Gasteiger partial charge in [-0.25, -0.2) is 0 Å². The minimum atomic E-state index is -0.285. The monoisotopic (exact) mass is 402 g/mol. The highest BCUT2D eigenvalue weighted by molar-refractivity contribution is 5.85. The van der Waals surface area contributed by atoms with E-state index in [1.54, 1.807) is 23.3 Å².